The number of hydrogen-bond acceptors (Lipinski definition) is 7. The second-order valence-electron chi connectivity index (χ2n) is 4.68. The van der Waals surface area contributed by atoms with E-state index in [0.29, 0.717) is 17.8 Å². The molecule has 0 aliphatic carbocycles. The Hall–Kier alpha value is -2.38. The summed E-state index contributed by atoms with van der Waals surface area (Å²) in [5.41, 5.74) is 0.919. The molecule has 2 aromatic rings. The van der Waals surface area contributed by atoms with Crippen molar-refractivity contribution in [3.05, 3.63) is 11.8 Å². The normalized spacial score (nSPS) is 14.6. The summed E-state index contributed by atoms with van der Waals surface area (Å²) in [7, 11) is 1.77. The van der Waals surface area contributed by atoms with Crippen molar-refractivity contribution >= 4 is 11.9 Å². The Morgan fingerprint density at radius 3 is 2.70 bits per heavy atom. The van der Waals surface area contributed by atoms with Crippen LogP contribution < -0.4 is 15.0 Å². The standard InChI is InChI=1S/C12H17N7O/c1-8-7-9(18-17-8)20-12-15-10(13-2)14-11(16-12)19-5-3-4-6-19/h7H,3-6H2,1-2H3,(H,17,18)(H,13,14,15,16). The molecule has 3 heterocycles. The topological polar surface area (TPSA) is 91.8 Å². The smallest absolute Gasteiger partial charge is 0.330 e. The van der Waals surface area contributed by atoms with Gasteiger partial charge in [-0.3, -0.25) is 5.10 Å². The highest BCUT2D eigenvalue weighted by atomic mass is 16.5. The first kappa shape index (κ1) is 12.6. The Bertz CT molecular complexity index is 591. The van der Waals surface area contributed by atoms with E-state index in [-0.39, 0.29) is 6.01 Å². The van der Waals surface area contributed by atoms with E-state index in [4.69, 9.17) is 4.74 Å². The molecule has 1 fully saturated rings. The van der Waals surface area contributed by atoms with Crippen LogP contribution in [0, 0.1) is 6.92 Å². The van der Waals surface area contributed by atoms with Crippen LogP contribution in [0.5, 0.6) is 11.9 Å². The molecule has 0 bridgehead atoms. The van der Waals surface area contributed by atoms with Crippen LogP contribution in [0.4, 0.5) is 11.9 Å². The first-order valence-corrected chi connectivity index (χ1v) is 6.63. The van der Waals surface area contributed by atoms with Crippen LogP contribution in [0.15, 0.2) is 6.07 Å². The lowest BCUT2D eigenvalue weighted by molar-refractivity contribution is 0.423. The van der Waals surface area contributed by atoms with Crippen LogP contribution >= 0.6 is 0 Å². The average molecular weight is 275 g/mol. The largest absolute Gasteiger partial charge is 0.403 e. The Labute approximate surface area is 116 Å². The van der Waals surface area contributed by atoms with Gasteiger partial charge in [0, 0.05) is 31.9 Å². The number of hydrogen-bond donors (Lipinski definition) is 2. The van der Waals surface area contributed by atoms with Gasteiger partial charge in [0.2, 0.25) is 17.8 Å². The number of ether oxygens (including phenoxy) is 1. The number of H-pyrrole nitrogens is 1. The first-order valence-electron chi connectivity index (χ1n) is 6.63. The van der Waals surface area contributed by atoms with Gasteiger partial charge in [-0.1, -0.05) is 0 Å². The molecule has 20 heavy (non-hydrogen) atoms. The van der Waals surface area contributed by atoms with Crippen molar-refractivity contribution < 1.29 is 4.74 Å². The molecule has 0 atom stereocenters. The van der Waals surface area contributed by atoms with Crippen LogP contribution in [0.3, 0.4) is 0 Å². The van der Waals surface area contributed by atoms with Gasteiger partial charge in [0.05, 0.1) is 0 Å². The van der Waals surface area contributed by atoms with Crippen molar-refractivity contribution in [1.29, 1.82) is 0 Å². The fourth-order valence-electron chi connectivity index (χ4n) is 2.10. The highest BCUT2D eigenvalue weighted by Gasteiger charge is 2.18. The molecule has 1 saturated heterocycles. The minimum atomic E-state index is 0.248. The molecule has 0 amide bonds. The number of aromatic amines is 1. The number of rotatable bonds is 4. The Morgan fingerprint density at radius 2 is 2.05 bits per heavy atom. The molecule has 0 spiro atoms. The van der Waals surface area contributed by atoms with Crippen molar-refractivity contribution in [2.45, 2.75) is 19.8 Å². The zero-order chi connectivity index (χ0) is 13.9. The third-order valence-corrected chi connectivity index (χ3v) is 3.09. The van der Waals surface area contributed by atoms with Gasteiger partial charge in [-0.15, -0.1) is 5.10 Å². The Kier molecular flexibility index (Phi) is 3.36. The number of nitrogens with one attached hydrogen (secondary N) is 2. The third kappa shape index (κ3) is 2.63. The average Bonchev–Trinajstić information content (AvgIpc) is 3.10. The van der Waals surface area contributed by atoms with Gasteiger partial charge in [-0.25, -0.2) is 0 Å². The van der Waals surface area contributed by atoms with Crippen LogP contribution in [0.2, 0.25) is 0 Å². The predicted molar refractivity (Wildman–Crippen MR) is 74.2 cm³/mol. The summed E-state index contributed by atoms with van der Waals surface area (Å²) >= 11 is 0. The summed E-state index contributed by atoms with van der Waals surface area (Å²) in [6, 6.07) is 2.04. The quantitative estimate of drug-likeness (QED) is 0.869. The van der Waals surface area contributed by atoms with E-state index in [1.54, 1.807) is 13.1 Å². The van der Waals surface area contributed by atoms with Gasteiger partial charge >= 0.3 is 6.01 Å². The fraction of sp³-hybridized carbons (Fsp3) is 0.500. The Balaban J connectivity index is 1.87. The summed E-state index contributed by atoms with van der Waals surface area (Å²) in [5.74, 6) is 1.58. The third-order valence-electron chi connectivity index (χ3n) is 3.09. The molecular weight excluding hydrogens is 258 g/mol. The van der Waals surface area contributed by atoms with Crippen LogP contribution in [0.25, 0.3) is 0 Å². The summed E-state index contributed by atoms with van der Waals surface area (Å²) in [6.07, 6.45) is 2.32. The lowest BCUT2D eigenvalue weighted by Gasteiger charge is -2.15. The molecule has 8 nitrogen and oxygen atoms in total. The molecule has 2 N–H and O–H groups in total. The fourth-order valence-corrected chi connectivity index (χ4v) is 2.10. The number of anilines is 2. The molecule has 0 radical (unpaired) electrons. The SMILES string of the molecule is CNc1nc(Oc2cc(C)[nH]n2)nc(N2CCCC2)n1. The predicted octanol–water partition coefficient (Wildman–Crippen LogP) is 1.34. The minimum absolute atomic E-state index is 0.248. The molecule has 2 aromatic heterocycles. The van der Waals surface area contributed by atoms with E-state index >= 15 is 0 Å². The maximum absolute atomic E-state index is 5.57. The minimum Gasteiger partial charge on any atom is -0.403 e. The van der Waals surface area contributed by atoms with E-state index in [0.717, 1.165) is 31.6 Å². The van der Waals surface area contributed by atoms with E-state index in [1.807, 2.05) is 6.92 Å². The number of aryl methyl sites for hydroxylation is 1. The molecule has 106 valence electrons. The molecule has 0 saturated carbocycles. The van der Waals surface area contributed by atoms with Gasteiger partial charge in [-0.2, -0.15) is 15.0 Å². The summed E-state index contributed by atoms with van der Waals surface area (Å²) in [4.78, 5) is 15.0. The van der Waals surface area contributed by atoms with E-state index in [1.165, 1.54) is 0 Å². The van der Waals surface area contributed by atoms with Crippen LogP contribution in [-0.2, 0) is 0 Å². The molecule has 1 aliphatic rings. The van der Waals surface area contributed by atoms with Crippen molar-refractivity contribution in [2.24, 2.45) is 0 Å². The van der Waals surface area contributed by atoms with Gasteiger partial charge in [0.25, 0.3) is 0 Å². The van der Waals surface area contributed by atoms with Gasteiger partial charge in [-0.05, 0) is 19.8 Å². The lowest BCUT2D eigenvalue weighted by atomic mass is 10.4. The maximum atomic E-state index is 5.57. The van der Waals surface area contributed by atoms with Crippen molar-refractivity contribution in [2.75, 3.05) is 30.4 Å². The zero-order valence-electron chi connectivity index (χ0n) is 11.6. The van der Waals surface area contributed by atoms with E-state index < -0.39 is 0 Å². The molecule has 8 heteroatoms. The van der Waals surface area contributed by atoms with E-state index in [2.05, 4.69) is 35.4 Å². The highest BCUT2D eigenvalue weighted by molar-refractivity contribution is 5.39. The summed E-state index contributed by atoms with van der Waals surface area (Å²) < 4.78 is 5.57. The maximum Gasteiger partial charge on any atom is 0.330 e. The monoisotopic (exact) mass is 275 g/mol. The molecular formula is C12H17N7O. The lowest BCUT2D eigenvalue weighted by Crippen LogP contribution is -2.21. The summed E-state index contributed by atoms with van der Waals surface area (Å²) in [6.45, 7) is 3.84. The van der Waals surface area contributed by atoms with E-state index in [9.17, 15) is 0 Å². The van der Waals surface area contributed by atoms with Crippen molar-refractivity contribution in [3.63, 3.8) is 0 Å². The van der Waals surface area contributed by atoms with Crippen LogP contribution in [0.1, 0.15) is 18.5 Å². The first-order chi connectivity index (χ1) is 9.74. The van der Waals surface area contributed by atoms with Gasteiger partial charge in [0.1, 0.15) is 0 Å². The summed E-state index contributed by atoms with van der Waals surface area (Å²) in [5, 5.41) is 9.75. The second kappa shape index (κ2) is 5.32. The van der Waals surface area contributed by atoms with Crippen molar-refractivity contribution in [1.82, 2.24) is 25.1 Å². The number of aromatic nitrogens is 5. The Morgan fingerprint density at radius 1 is 1.25 bits per heavy atom. The highest BCUT2D eigenvalue weighted by Crippen LogP contribution is 2.22. The van der Waals surface area contributed by atoms with Gasteiger partial charge < -0.3 is 15.0 Å². The molecule has 1 aliphatic heterocycles. The van der Waals surface area contributed by atoms with Crippen molar-refractivity contribution in [3.8, 4) is 11.9 Å². The second-order valence-corrected chi connectivity index (χ2v) is 4.68. The zero-order valence-corrected chi connectivity index (χ0v) is 11.6. The molecule has 3 rings (SSSR count). The number of nitrogens with zero attached hydrogens (tertiary/aromatic N) is 5. The molecule has 0 aromatic carbocycles. The van der Waals surface area contributed by atoms with Crippen LogP contribution in [-0.4, -0.2) is 45.3 Å². The molecule has 0 unspecified atom stereocenters. The van der Waals surface area contributed by atoms with Gasteiger partial charge in [0.15, 0.2) is 0 Å².